The van der Waals surface area contributed by atoms with Gasteiger partial charge in [-0.25, -0.2) is 9.67 Å². The van der Waals surface area contributed by atoms with E-state index in [9.17, 15) is 4.79 Å². The standard InChI is InChI=1S/C15H15BrN6O/c1-10-3-5-11(6-4-10)8-22-9-17-15(20-22)19-14(23)13-12(16)7-18-21(13)2/h3-7,9H,8H2,1-2H3,(H,19,20,23). The molecule has 3 rings (SSSR count). The van der Waals surface area contributed by atoms with Crippen LogP contribution in [-0.2, 0) is 13.6 Å². The fourth-order valence-corrected chi connectivity index (χ4v) is 2.66. The summed E-state index contributed by atoms with van der Waals surface area (Å²) < 4.78 is 3.79. The molecule has 0 aliphatic rings. The lowest BCUT2D eigenvalue weighted by atomic mass is 10.1. The molecule has 1 N–H and O–H groups in total. The molecule has 0 aliphatic heterocycles. The molecule has 0 bridgehead atoms. The van der Waals surface area contributed by atoms with Crippen LogP contribution in [0.5, 0.6) is 0 Å². The Balaban J connectivity index is 1.70. The Kier molecular flexibility index (Phi) is 4.24. The van der Waals surface area contributed by atoms with Gasteiger partial charge in [0.15, 0.2) is 0 Å². The van der Waals surface area contributed by atoms with E-state index in [0.29, 0.717) is 16.7 Å². The minimum atomic E-state index is -0.315. The van der Waals surface area contributed by atoms with Crippen LogP contribution < -0.4 is 5.32 Å². The van der Waals surface area contributed by atoms with Crippen molar-refractivity contribution in [3.63, 3.8) is 0 Å². The molecule has 1 amide bonds. The lowest BCUT2D eigenvalue weighted by Gasteiger charge is -2.03. The number of rotatable bonds is 4. The van der Waals surface area contributed by atoms with E-state index in [1.165, 1.54) is 10.2 Å². The van der Waals surface area contributed by atoms with Crippen LogP contribution in [0, 0.1) is 6.92 Å². The van der Waals surface area contributed by atoms with E-state index in [2.05, 4.69) is 48.6 Å². The number of aryl methyl sites for hydroxylation is 2. The van der Waals surface area contributed by atoms with Crippen molar-refractivity contribution in [3.8, 4) is 0 Å². The second-order valence-electron chi connectivity index (χ2n) is 5.17. The number of carbonyl (C=O) groups is 1. The molecular formula is C15H15BrN6O. The molecule has 0 atom stereocenters. The van der Waals surface area contributed by atoms with Crippen molar-refractivity contribution >= 4 is 27.8 Å². The van der Waals surface area contributed by atoms with Gasteiger partial charge in [0.05, 0.1) is 17.2 Å². The third-order valence-electron chi connectivity index (χ3n) is 3.34. The lowest BCUT2D eigenvalue weighted by molar-refractivity contribution is 0.101. The molecule has 2 heterocycles. The summed E-state index contributed by atoms with van der Waals surface area (Å²) in [7, 11) is 1.70. The van der Waals surface area contributed by atoms with E-state index in [1.807, 2.05) is 19.1 Å². The van der Waals surface area contributed by atoms with Crippen LogP contribution in [0.2, 0.25) is 0 Å². The first-order valence-electron chi connectivity index (χ1n) is 6.97. The molecule has 0 radical (unpaired) electrons. The number of aromatic nitrogens is 5. The zero-order valence-electron chi connectivity index (χ0n) is 12.7. The fourth-order valence-electron chi connectivity index (χ4n) is 2.14. The molecule has 2 aromatic heterocycles. The number of anilines is 1. The summed E-state index contributed by atoms with van der Waals surface area (Å²) in [5.74, 6) is -0.0554. The Hall–Kier alpha value is -2.48. The minimum absolute atomic E-state index is 0.259. The predicted octanol–water partition coefficient (Wildman–Crippen LogP) is 2.38. The van der Waals surface area contributed by atoms with Crippen molar-refractivity contribution in [3.05, 3.63) is 58.1 Å². The number of hydrogen-bond donors (Lipinski definition) is 1. The number of halogens is 1. The van der Waals surface area contributed by atoms with E-state index in [4.69, 9.17) is 0 Å². The molecular weight excluding hydrogens is 360 g/mol. The summed E-state index contributed by atoms with van der Waals surface area (Å²) in [5, 5.41) is 10.9. The minimum Gasteiger partial charge on any atom is -0.288 e. The molecule has 7 nitrogen and oxygen atoms in total. The number of hydrogen-bond acceptors (Lipinski definition) is 4. The van der Waals surface area contributed by atoms with E-state index in [0.717, 1.165) is 5.56 Å². The topological polar surface area (TPSA) is 77.6 Å². The van der Waals surface area contributed by atoms with Crippen molar-refractivity contribution in [1.29, 1.82) is 0 Å². The van der Waals surface area contributed by atoms with Gasteiger partial charge in [-0.1, -0.05) is 29.8 Å². The molecule has 23 heavy (non-hydrogen) atoms. The quantitative estimate of drug-likeness (QED) is 0.760. The number of nitrogens with zero attached hydrogens (tertiary/aromatic N) is 5. The third-order valence-corrected chi connectivity index (χ3v) is 3.92. The second-order valence-corrected chi connectivity index (χ2v) is 6.02. The molecule has 0 saturated heterocycles. The van der Waals surface area contributed by atoms with Gasteiger partial charge >= 0.3 is 0 Å². The first-order chi connectivity index (χ1) is 11.0. The highest BCUT2D eigenvalue weighted by atomic mass is 79.9. The van der Waals surface area contributed by atoms with Crippen molar-refractivity contribution in [2.24, 2.45) is 7.05 Å². The van der Waals surface area contributed by atoms with Crippen molar-refractivity contribution in [2.75, 3.05) is 5.32 Å². The zero-order valence-corrected chi connectivity index (χ0v) is 14.3. The highest BCUT2D eigenvalue weighted by molar-refractivity contribution is 9.10. The monoisotopic (exact) mass is 374 g/mol. The smallest absolute Gasteiger partial charge is 0.277 e. The second kappa shape index (κ2) is 6.33. The number of benzene rings is 1. The van der Waals surface area contributed by atoms with Crippen LogP contribution in [0.25, 0.3) is 0 Å². The molecule has 8 heteroatoms. The van der Waals surface area contributed by atoms with Crippen molar-refractivity contribution in [2.45, 2.75) is 13.5 Å². The molecule has 3 aromatic rings. The summed E-state index contributed by atoms with van der Waals surface area (Å²) in [6, 6.07) is 8.19. The van der Waals surface area contributed by atoms with E-state index < -0.39 is 0 Å². The lowest BCUT2D eigenvalue weighted by Crippen LogP contribution is -2.17. The van der Waals surface area contributed by atoms with Gasteiger partial charge in [0.2, 0.25) is 5.95 Å². The molecule has 0 unspecified atom stereocenters. The molecule has 118 valence electrons. The molecule has 0 spiro atoms. The SMILES string of the molecule is Cc1ccc(Cn2cnc(NC(=O)c3c(Br)cnn3C)n2)cc1. The van der Waals surface area contributed by atoms with Gasteiger partial charge in [0, 0.05) is 7.05 Å². The molecule has 0 saturated carbocycles. The summed E-state index contributed by atoms with van der Waals surface area (Å²) in [6.07, 6.45) is 3.16. The average Bonchev–Trinajstić information content (AvgIpc) is 3.08. The van der Waals surface area contributed by atoms with Crippen LogP contribution in [0.4, 0.5) is 5.95 Å². The van der Waals surface area contributed by atoms with Gasteiger partial charge in [0.1, 0.15) is 12.0 Å². The largest absolute Gasteiger partial charge is 0.288 e. The van der Waals surface area contributed by atoms with Gasteiger partial charge < -0.3 is 0 Å². The van der Waals surface area contributed by atoms with Crippen LogP contribution in [-0.4, -0.2) is 30.5 Å². The maximum absolute atomic E-state index is 12.2. The molecule has 0 fully saturated rings. The third kappa shape index (κ3) is 3.48. The van der Waals surface area contributed by atoms with E-state index in [1.54, 1.807) is 24.3 Å². The van der Waals surface area contributed by atoms with Gasteiger partial charge in [-0.05, 0) is 28.4 Å². The van der Waals surface area contributed by atoms with Crippen LogP contribution in [0.15, 0.2) is 41.3 Å². The highest BCUT2D eigenvalue weighted by Gasteiger charge is 2.16. The summed E-state index contributed by atoms with van der Waals surface area (Å²) >= 11 is 3.30. The molecule has 0 aliphatic carbocycles. The number of amides is 1. The summed E-state index contributed by atoms with van der Waals surface area (Å²) in [4.78, 5) is 16.3. The predicted molar refractivity (Wildman–Crippen MR) is 89.2 cm³/mol. The maximum atomic E-state index is 12.2. The Morgan fingerprint density at radius 3 is 2.70 bits per heavy atom. The van der Waals surface area contributed by atoms with Crippen LogP contribution in [0.1, 0.15) is 21.6 Å². The van der Waals surface area contributed by atoms with Gasteiger partial charge in [-0.2, -0.15) is 5.10 Å². The number of carbonyl (C=O) groups excluding carboxylic acids is 1. The van der Waals surface area contributed by atoms with Crippen LogP contribution in [0.3, 0.4) is 0 Å². The molecule has 1 aromatic carbocycles. The van der Waals surface area contributed by atoms with E-state index >= 15 is 0 Å². The number of nitrogens with one attached hydrogen (secondary N) is 1. The van der Waals surface area contributed by atoms with Gasteiger partial charge in [0.25, 0.3) is 5.91 Å². The Morgan fingerprint density at radius 1 is 1.30 bits per heavy atom. The van der Waals surface area contributed by atoms with Gasteiger partial charge in [-0.15, -0.1) is 5.10 Å². The Bertz CT molecular complexity index is 817. The first kappa shape index (κ1) is 15.4. The average molecular weight is 375 g/mol. The summed E-state index contributed by atoms with van der Waals surface area (Å²) in [6.45, 7) is 2.64. The maximum Gasteiger partial charge on any atom is 0.277 e. The van der Waals surface area contributed by atoms with E-state index in [-0.39, 0.29) is 11.9 Å². The first-order valence-corrected chi connectivity index (χ1v) is 7.76. The normalized spacial score (nSPS) is 10.7. The Morgan fingerprint density at radius 2 is 2.04 bits per heavy atom. The van der Waals surface area contributed by atoms with Crippen molar-refractivity contribution in [1.82, 2.24) is 24.5 Å². The summed E-state index contributed by atoms with van der Waals surface area (Å²) in [5.41, 5.74) is 2.75. The van der Waals surface area contributed by atoms with Crippen molar-refractivity contribution < 1.29 is 4.79 Å². The Labute approximate surface area is 141 Å². The van der Waals surface area contributed by atoms with Crippen LogP contribution >= 0.6 is 15.9 Å². The zero-order chi connectivity index (χ0) is 16.4. The van der Waals surface area contributed by atoms with Gasteiger partial charge in [-0.3, -0.25) is 14.8 Å². The highest BCUT2D eigenvalue weighted by Crippen LogP contribution is 2.16. The fraction of sp³-hybridized carbons (Fsp3) is 0.200.